The number of nitrogens with zero attached hydrogens (tertiary/aromatic N) is 4. The van der Waals surface area contributed by atoms with Gasteiger partial charge in [0.1, 0.15) is 36.8 Å². The maximum atomic E-state index is 14.8. The van der Waals surface area contributed by atoms with Gasteiger partial charge in [-0.2, -0.15) is 0 Å². The highest BCUT2D eigenvalue weighted by Crippen LogP contribution is 2.31. The third-order valence-corrected chi connectivity index (χ3v) is 17.9. The smallest absolute Gasteiger partial charge is 0.410 e. The van der Waals surface area contributed by atoms with Gasteiger partial charge in [0.25, 0.3) is 11.8 Å². The van der Waals surface area contributed by atoms with Crippen molar-refractivity contribution in [2.45, 2.75) is 215 Å². The quantitative estimate of drug-likeness (QED) is 0.0394. The summed E-state index contributed by atoms with van der Waals surface area (Å²) < 4.78 is 17.8. The van der Waals surface area contributed by atoms with E-state index in [9.17, 15) is 57.8 Å². The number of likely N-dealkylation sites (N-methyl/N-ethyl adjacent to an activating group) is 2. The number of rotatable bonds is 37. The number of carbonyl (C=O) groups is 11. The minimum atomic E-state index is -1.12. The summed E-state index contributed by atoms with van der Waals surface area (Å²) in [7, 11) is 6.10. The molecule has 1 fully saturated rings. The molecule has 4 rings (SSSR count). The second kappa shape index (κ2) is 38.1. The van der Waals surface area contributed by atoms with E-state index in [1.807, 2.05) is 59.7 Å². The van der Waals surface area contributed by atoms with Crippen molar-refractivity contribution >= 4 is 70.9 Å². The lowest BCUT2D eigenvalue weighted by Gasteiger charge is -2.41. The van der Waals surface area contributed by atoms with Gasteiger partial charge >= 0.3 is 6.09 Å². The number of carbonyl (C=O) groups excluding carboxylic acids is 11. The minimum absolute atomic E-state index is 0.0394. The zero-order valence-electron chi connectivity index (χ0n) is 58.9. The Morgan fingerprint density at radius 1 is 0.674 bits per heavy atom. The number of aliphatic hydroxyl groups excluding tert-OH is 1. The zero-order valence-corrected chi connectivity index (χ0v) is 58.9. The fourth-order valence-corrected chi connectivity index (χ4v) is 12.1. The van der Waals surface area contributed by atoms with Crippen LogP contribution in [0.3, 0.4) is 0 Å². The van der Waals surface area contributed by atoms with Crippen molar-refractivity contribution in [1.82, 2.24) is 46.2 Å². The van der Waals surface area contributed by atoms with Gasteiger partial charge in [-0.15, -0.1) is 0 Å². The molecule has 0 radical (unpaired) electrons. The number of ether oxygens (including phenoxy) is 3. The minimum Gasteiger partial charge on any atom is -0.445 e. The highest BCUT2D eigenvalue weighted by molar-refractivity contribution is 6.13. The summed E-state index contributed by atoms with van der Waals surface area (Å²) in [6.45, 7) is 23.8. The molecular weight excluding hydrogens is 1220 g/mol. The van der Waals surface area contributed by atoms with Crippen LogP contribution in [0.25, 0.3) is 0 Å². The first-order valence-corrected chi connectivity index (χ1v) is 33.4. The van der Waals surface area contributed by atoms with E-state index >= 15 is 0 Å². The Labute approximate surface area is 561 Å². The van der Waals surface area contributed by atoms with Crippen LogP contribution in [0.1, 0.15) is 159 Å². The van der Waals surface area contributed by atoms with Crippen molar-refractivity contribution in [3.05, 3.63) is 77.9 Å². The Morgan fingerprint density at radius 2 is 1.31 bits per heavy atom. The number of anilines is 1. The Hall–Kier alpha value is -7.77. The lowest BCUT2D eigenvalue weighted by Crippen LogP contribution is -2.60. The average molecular weight is 1330 g/mol. The predicted octanol–water partition coefficient (Wildman–Crippen LogP) is 5.79. The van der Waals surface area contributed by atoms with E-state index in [2.05, 4.69) is 31.9 Å². The van der Waals surface area contributed by atoms with Gasteiger partial charge in [0.05, 0.1) is 48.8 Å². The van der Waals surface area contributed by atoms with E-state index in [-0.39, 0.29) is 68.4 Å². The molecule has 0 aromatic heterocycles. The molecule has 95 heavy (non-hydrogen) atoms. The van der Waals surface area contributed by atoms with Crippen molar-refractivity contribution in [1.29, 1.82) is 0 Å². The maximum Gasteiger partial charge on any atom is 0.410 e. The van der Waals surface area contributed by atoms with Gasteiger partial charge in [-0.3, -0.25) is 57.7 Å². The molecule has 11 amide bonds. The van der Waals surface area contributed by atoms with Crippen LogP contribution in [-0.2, 0) is 68.8 Å². The fraction of sp³-hybridized carbons (Fsp3) is 0.643. The van der Waals surface area contributed by atoms with E-state index in [0.717, 1.165) is 17.1 Å². The number of hydrogen-bond acceptors (Lipinski definition) is 15. The van der Waals surface area contributed by atoms with Crippen LogP contribution in [0.5, 0.6) is 0 Å². The summed E-state index contributed by atoms with van der Waals surface area (Å²) in [5, 5.41) is 27.7. The number of amides is 11. The fourth-order valence-electron chi connectivity index (χ4n) is 12.1. The van der Waals surface area contributed by atoms with Crippen LogP contribution in [0.15, 0.2) is 66.7 Å². The number of methoxy groups -OCH3 is 2. The van der Waals surface area contributed by atoms with Crippen LogP contribution >= 0.6 is 0 Å². The summed E-state index contributed by atoms with van der Waals surface area (Å²) in [6, 6.07) is 8.59. The highest BCUT2D eigenvalue weighted by Gasteiger charge is 2.44. The molecule has 2 aliphatic rings. The number of aliphatic hydroxyl groups is 1. The third-order valence-electron chi connectivity index (χ3n) is 17.9. The SMILES string of the molecule is CC[C@H](C)[C@@H]([C@@H](CC(=O)N1CCC[C@H]1[C@H](OC)[C@@H](C)C(=O)N[C@H](C)[C@@H](O)c1ccccc1)OC)N(C)C(=O)[C@@H](NC(=O)[C@H](C(C)C)N(C)C(=O)OCc1ccc(NC(=O)[C@H](CC(C)C)NC(=O)[C@H](C)NC(=O)[C@@H](CCC(C)C)NC(=O)CCN2C(=O)C=CC2=O)cc1)C(C)C. The van der Waals surface area contributed by atoms with Crippen LogP contribution in [0.4, 0.5) is 10.5 Å². The molecule has 0 unspecified atom stereocenters. The van der Waals surface area contributed by atoms with Crippen LogP contribution < -0.4 is 31.9 Å². The molecule has 13 atom stereocenters. The highest BCUT2D eigenvalue weighted by atomic mass is 16.6. The van der Waals surface area contributed by atoms with Gasteiger partial charge in [0.15, 0.2) is 0 Å². The number of benzene rings is 2. The summed E-state index contributed by atoms with van der Waals surface area (Å²) in [5.74, 6) is -6.54. The second-order valence-electron chi connectivity index (χ2n) is 26.9. The number of likely N-dealkylation sites (tertiary alicyclic amines) is 1. The molecule has 0 bridgehead atoms. The van der Waals surface area contributed by atoms with Gasteiger partial charge < -0.3 is 61.0 Å². The maximum absolute atomic E-state index is 14.8. The Balaban J connectivity index is 1.36. The topological polar surface area (TPSA) is 321 Å². The molecule has 25 nitrogen and oxygen atoms in total. The van der Waals surface area contributed by atoms with Crippen molar-refractivity contribution in [2.24, 2.45) is 35.5 Å². The Kier molecular flexibility index (Phi) is 31.9. The van der Waals surface area contributed by atoms with Gasteiger partial charge in [0.2, 0.25) is 47.3 Å². The second-order valence-corrected chi connectivity index (χ2v) is 26.9. The Bertz CT molecular complexity index is 2930. The summed E-state index contributed by atoms with van der Waals surface area (Å²) in [4.78, 5) is 154. The third kappa shape index (κ3) is 23.2. The molecule has 1 saturated heterocycles. The molecule has 7 N–H and O–H groups in total. The van der Waals surface area contributed by atoms with Gasteiger partial charge in [0, 0.05) is 65.7 Å². The van der Waals surface area contributed by atoms with Gasteiger partial charge in [-0.05, 0) is 98.8 Å². The summed E-state index contributed by atoms with van der Waals surface area (Å²) >= 11 is 0. The molecule has 2 heterocycles. The lowest BCUT2D eigenvalue weighted by molar-refractivity contribution is -0.148. The van der Waals surface area contributed by atoms with E-state index < -0.39 is 138 Å². The predicted molar refractivity (Wildman–Crippen MR) is 359 cm³/mol. The van der Waals surface area contributed by atoms with Crippen molar-refractivity contribution in [3.63, 3.8) is 0 Å². The number of nitrogens with one attached hydrogen (secondary N) is 6. The van der Waals surface area contributed by atoms with Gasteiger partial charge in [-0.25, -0.2) is 4.79 Å². The van der Waals surface area contributed by atoms with Crippen molar-refractivity contribution in [3.8, 4) is 0 Å². The normalized spacial score (nSPS) is 17.8. The molecule has 25 heteroatoms. The summed E-state index contributed by atoms with van der Waals surface area (Å²) in [6.07, 6.45) is 1.70. The molecule has 0 spiro atoms. The molecule has 2 aromatic rings. The van der Waals surface area contributed by atoms with Gasteiger partial charge in [-0.1, -0.05) is 125 Å². The molecule has 2 aliphatic heterocycles. The largest absolute Gasteiger partial charge is 0.445 e. The summed E-state index contributed by atoms with van der Waals surface area (Å²) in [5.41, 5.74) is 1.59. The first kappa shape index (κ1) is 79.7. The standard InChI is InChI=1S/C70H108N10O15/c1-18-44(10)61(54(93-16)38-58(84)79-35-22-25-53(79)63(94-17)45(11)64(86)71-46(12)62(85)49-23-20-19-21-24-49)77(14)69(91)59(42(6)7)76-68(90)60(43(8)9)78(15)70(92)95-39-48-27-29-50(30-28-48)73-67(89)52(37-41(4)5)75-65(87)47(13)72-66(88)51(31-26-40(2)3)74-55(81)34-36-80-56(82)32-33-57(80)83/h19-21,23-24,27-30,32-33,40-47,51-54,59-63,85H,18,22,25-26,31,34-39H2,1-17H3,(H,71,86)(H,72,88)(H,73,89)(H,74,81)(H,75,87)(H,76,90)/t44-,45+,46+,47-,51+,52-,53-,54+,59-,60-,61-,62+,63+/m0/s1. The first-order chi connectivity index (χ1) is 44.8. The van der Waals surface area contributed by atoms with Crippen LogP contribution in [0.2, 0.25) is 0 Å². The van der Waals surface area contributed by atoms with E-state index in [1.54, 1.807) is 94.8 Å². The van der Waals surface area contributed by atoms with Crippen LogP contribution in [0, 0.1) is 35.5 Å². The lowest BCUT2D eigenvalue weighted by atomic mass is 9.89. The molecular formula is C70H108N10O15. The molecule has 528 valence electrons. The van der Waals surface area contributed by atoms with E-state index in [0.29, 0.717) is 49.0 Å². The zero-order chi connectivity index (χ0) is 71.1. The first-order valence-electron chi connectivity index (χ1n) is 33.4. The molecule has 0 saturated carbocycles. The average Bonchev–Trinajstić information content (AvgIpc) is 1.77. The number of hydrogen-bond donors (Lipinski definition) is 7. The van der Waals surface area contributed by atoms with E-state index in [4.69, 9.17) is 14.2 Å². The Morgan fingerprint density at radius 3 is 1.86 bits per heavy atom. The number of imide groups is 1. The van der Waals surface area contributed by atoms with Crippen molar-refractivity contribution < 1.29 is 72.1 Å². The molecule has 2 aromatic carbocycles. The monoisotopic (exact) mass is 1330 g/mol. The molecule has 0 aliphatic carbocycles. The van der Waals surface area contributed by atoms with Crippen LogP contribution in [-0.4, -0.2) is 192 Å². The van der Waals surface area contributed by atoms with Crippen molar-refractivity contribution in [2.75, 3.05) is 46.7 Å². The van der Waals surface area contributed by atoms with E-state index in [1.165, 1.54) is 33.1 Å².